The molecule has 0 aromatic carbocycles. The van der Waals surface area contributed by atoms with Gasteiger partial charge >= 0.3 is 0 Å². The van der Waals surface area contributed by atoms with Crippen molar-refractivity contribution in [2.45, 2.75) is 52.2 Å². The van der Waals surface area contributed by atoms with Crippen LogP contribution in [0.5, 0.6) is 0 Å². The summed E-state index contributed by atoms with van der Waals surface area (Å²) in [7, 11) is 0. The second-order valence-electron chi connectivity index (χ2n) is 4.14. The molecule has 0 unspecified atom stereocenters. The molecule has 0 spiro atoms. The summed E-state index contributed by atoms with van der Waals surface area (Å²) in [5, 5.41) is 0. The fourth-order valence-corrected chi connectivity index (χ4v) is 2.02. The summed E-state index contributed by atoms with van der Waals surface area (Å²) in [6.07, 6.45) is 2.63. The fourth-order valence-electron chi connectivity index (χ4n) is 0.673. The molecule has 0 atom stereocenters. The lowest BCUT2D eigenvalue weighted by atomic mass is 10.1. The van der Waals surface area contributed by atoms with Crippen molar-refractivity contribution in [3.63, 3.8) is 0 Å². The van der Waals surface area contributed by atoms with Crippen molar-refractivity contribution in [3.05, 3.63) is 0 Å². The van der Waals surface area contributed by atoms with E-state index in [4.69, 9.17) is 0 Å². The Bertz CT molecular complexity index is 95.0. The highest BCUT2D eigenvalue weighted by molar-refractivity contribution is 8.00. The van der Waals surface area contributed by atoms with Crippen LogP contribution in [0.15, 0.2) is 0 Å². The van der Waals surface area contributed by atoms with E-state index in [9.17, 15) is 0 Å². The number of thioether (sulfide) groups is 1. The maximum Gasteiger partial charge on any atom is 0.0101 e. The average Bonchev–Trinajstić information content (AvgIpc) is 1.87. The van der Waals surface area contributed by atoms with E-state index in [0.29, 0.717) is 4.75 Å². The predicted molar refractivity (Wildman–Crippen MR) is 56.3 cm³/mol. The van der Waals surface area contributed by atoms with Gasteiger partial charge in [0.25, 0.3) is 0 Å². The Labute approximate surface area is 76.1 Å². The smallest absolute Gasteiger partial charge is 0.0101 e. The van der Waals surface area contributed by atoms with Gasteiger partial charge in [-0.15, -0.1) is 0 Å². The second kappa shape index (κ2) is 5.08. The third-order valence-corrected chi connectivity index (χ3v) is 3.55. The van der Waals surface area contributed by atoms with Crippen LogP contribution >= 0.6 is 11.8 Å². The first-order valence-electron chi connectivity index (χ1n) is 4.62. The van der Waals surface area contributed by atoms with Crippen LogP contribution in [0.25, 0.3) is 0 Å². The Kier molecular flexibility index (Phi) is 5.24. The van der Waals surface area contributed by atoms with Crippen molar-refractivity contribution < 1.29 is 0 Å². The number of hydrogen-bond donors (Lipinski definition) is 0. The normalized spacial score (nSPS) is 12.5. The molecule has 11 heavy (non-hydrogen) atoms. The van der Waals surface area contributed by atoms with Gasteiger partial charge in [-0.05, 0) is 24.5 Å². The molecule has 0 aliphatic carbocycles. The lowest BCUT2D eigenvalue weighted by Gasteiger charge is -2.22. The molecule has 0 aliphatic rings. The highest BCUT2D eigenvalue weighted by Crippen LogP contribution is 2.28. The predicted octanol–water partition coefficient (Wildman–Crippen LogP) is 3.95. The van der Waals surface area contributed by atoms with Crippen molar-refractivity contribution in [1.82, 2.24) is 0 Å². The van der Waals surface area contributed by atoms with Crippen LogP contribution in [0, 0.1) is 5.92 Å². The van der Waals surface area contributed by atoms with E-state index < -0.39 is 0 Å². The Morgan fingerprint density at radius 1 is 1.27 bits per heavy atom. The van der Waals surface area contributed by atoms with Gasteiger partial charge in [0, 0.05) is 4.75 Å². The molecule has 0 rings (SSSR count). The molecule has 0 fully saturated rings. The monoisotopic (exact) mass is 174 g/mol. The summed E-state index contributed by atoms with van der Waals surface area (Å²) >= 11 is 2.11. The van der Waals surface area contributed by atoms with E-state index in [1.807, 2.05) is 0 Å². The lowest BCUT2D eigenvalue weighted by molar-refractivity contribution is 0.624. The van der Waals surface area contributed by atoms with E-state index in [1.54, 1.807) is 0 Å². The summed E-state index contributed by atoms with van der Waals surface area (Å²) in [6, 6.07) is 0. The standard InChI is InChI=1S/C10H22S/c1-6-10(4,5)11-8-7-9(2)3/h9H,6-8H2,1-5H3. The van der Waals surface area contributed by atoms with Gasteiger partial charge in [-0.3, -0.25) is 0 Å². The summed E-state index contributed by atoms with van der Waals surface area (Å²) in [6.45, 7) is 11.5. The SMILES string of the molecule is CCC(C)(C)SCCC(C)C. The van der Waals surface area contributed by atoms with Crippen molar-refractivity contribution in [3.8, 4) is 0 Å². The van der Waals surface area contributed by atoms with Crippen LogP contribution in [0.1, 0.15) is 47.5 Å². The zero-order valence-electron chi connectivity index (χ0n) is 8.61. The molecule has 1 heteroatoms. The van der Waals surface area contributed by atoms with Crippen molar-refractivity contribution in [2.24, 2.45) is 5.92 Å². The average molecular weight is 174 g/mol. The third kappa shape index (κ3) is 6.74. The molecule has 0 aromatic rings. The molecule has 0 saturated heterocycles. The minimum absolute atomic E-state index is 0.495. The van der Waals surface area contributed by atoms with Gasteiger partial charge in [0.05, 0.1) is 0 Å². The van der Waals surface area contributed by atoms with E-state index in [1.165, 1.54) is 18.6 Å². The van der Waals surface area contributed by atoms with Crippen molar-refractivity contribution >= 4 is 11.8 Å². The summed E-state index contributed by atoms with van der Waals surface area (Å²) in [5.74, 6) is 2.17. The number of hydrogen-bond acceptors (Lipinski definition) is 1. The van der Waals surface area contributed by atoms with Gasteiger partial charge in [-0.25, -0.2) is 0 Å². The van der Waals surface area contributed by atoms with Gasteiger partial charge in [-0.2, -0.15) is 11.8 Å². The largest absolute Gasteiger partial charge is 0.156 e. The second-order valence-corrected chi connectivity index (χ2v) is 5.95. The molecule has 68 valence electrons. The van der Waals surface area contributed by atoms with E-state index in [2.05, 4.69) is 46.4 Å². The van der Waals surface area contributed by atoms with Gasteiger partial charge in [0.15, 0.2) is 0 Å². The molecule has 0 aromatic heterocycles. The Balaban J connectivity index is 3.38. The lowest BCUT2D eigenvalue weighted by Crippen LogP contribution is -2.13. The van der Waals surface area contributed by atoms with Crippen LogP contribution in [0.3, 0.4) is 0 Å². The highest BCUT2D eigenvalue weighted by Gasteiger charge is 2.14. The Morgan fingerprint density at radius 2 is 1.82 bits per heavy atom. The van der Waals surface area contributed by atoms with E-state index in [0.717, 1.165) is 5.92 Å². The maximum absolute atomic E-state index is 2.33. The molecule has 0 aliphatic heterocycles. The zero-order valence-corrected chi connectivity index (χ0v) is 9.42. The molecule has 0 amide bonds. The molecule has 0 N–H and O–H groups in total. The molecule has 0 heterocycles. The Hall–Kier alpha value is 0.350. The van der Waals surface area contributed by atoms with Crippen LogP contribution in [0.2, 0.25) is 0 Å². The van der Waals surface area contributed by atoms with Gasteiger partial charge in [-0.1, -0.05) is 34.6 Å². The molecular weight excluding hydrogens is 152 g/mol. The summed E-state index contributed by atoms with van der Waals surface area (Å²) in [5.41, 5.74) is 0. The first kappa shape index (κ1) is 11.4. The molecule has 0 nitrogen and oxygen atoms in total. The number of rotatable bonds is 5. The highest BCUT2D eigenvalue weighted by atomic mass is 32.2. The van der Waals surface area contributed by atoms with Crippen molar-refractivity contribution in [1.29, 1.82) is 0 Å². The van der Waals surface area contributed by atoms with E-state index in [-0.39, 0.29) is 0 Å². The first-order chi connectivity index (χ1) is 4.98. The van der Waals surface area contributed by atoms with Crippen molar-refractivity contribution in [2.75, 3.05) is 5.75 Å². The van der Waals surface area contributed by atoms with Gasteiger partial charge in [0.2, 0.25) is 0 Å². The Morgan fingerprint density at radius 3 is 2.18 bits per heavy atom. The molecule has 0 radical (unpaired) electrons. The maximum atomic E-state index is 2.33. The summed E-state index contributed by atoms with van der Waals surface area (Å²) in [4.78, 5) is 0. The zero-order chi connectivity index (χ0) is 8.91. The molecule has 0 bridgehead atoms. The van der Waals surface area contributed by atoms with Crippen LogP contribution in [-0.4, -0.2) is 10.5 Å². The van der Waals surface area contributed by atoms with E-state index >= 15 is 0 Å². The van der Waals surface area contributed by atoms with Gasteiger partial charge < -0.3 is 0 Å². The van der Waals surface area contributed by atoms with Crippen LogP contribution in [0.4, 0.5) is 0 Å². The minimum atomic E-state index is 0.495. The molecular formula is C10H22S. The summed E-state index contributed by atoms with van der Waals surface area (Å²) < 4.78 is 0.495. The third-order valence-electron chi connectivity index (χ3n) is 2.04. The molecule has 0 saturated carbocycles. The van der Waals surface area contributed by atoms with Gasteiger partial charge in [0.1, 0.15) is 0 Å². The quantitative estimate of drug-likeness (QED) is 0.608. The first-order valence-corrected chi connectivity index (χ1v) is 5.60. The topological polar surface area (TPSA) is 0 Å². The van der Waals surface area contributed by atoms with Crippen LogP contribution < -0.4 is 0 Å². The van der Waals surface area contributed by atoms with Crippen LogP contribution in [-0.2, 0) is 0 Å². The fraction of sp³-hybridized carbons (Fsp3) is 1.00. The minimum Gasteiger partial charge on any atom is -0.156 e.